The molecule has 0 bridgehead atoms. The van der Waals surface area contributed by atoms with Crippen LogP contribution in [0.15, 0.2) is 303 Å². The van der Waals surface area contributed by atoms with Crippen molar-refractivity contribution in [3.8, 4) is 57.5 Å². The Bertz CT molecular complexity index is 8900. The normalized spacial score (nSPS) is 17.0. The van der Waals surface area contributed by atoms with Gasteiger partial charge in [0.05, 0.1) is 13.7 Å². The van der Waals surface area contributed by atoms with E-state index in [-0.39, 0.29) is 72.3 Å². The highest BCUT2D eigenvalue weighted by atomic mass is 16.5. The number of rotatable bonds is 4. The molecule has 10 aliphatic rings. The number of aryl methyl sites for hydroxylation is 13. The summed E-state index contributed by atoms with van der Waals surface area (Å²) in [5, 5.41) is 19.5. The van der Waals surface area contributed by atoms with Crippen LogP contribution in [0.1, 0.15) is 219 Å². The van der Waals surface area contributed by atoms with E-state index in [1.807, 2.05) is 79.7 Å². The predicted octanol–water partition coefficient (Wildman–Crippen LogP) is 19.9. The number of fused-ring (bicyclic) bond motifs is 20. The lowest BCUT2D eigenvalue weighted by Gasteiger charge is -2.43. The molecule has 0 fully saturated rings. The third-order valence-electron chi connectivity index (χ3n) is 32.4. The van der Waals surface area contributed by atoms with Gasteiger partial charge < -0.3 is 38.6 Å². The summed E-state index contributed by atoms with van der Waals surface area (Å²) in [6.45, 7) is 41.8. The minimum absolute atomic E-state index is 0.0189. The van der Waals surface area contributed by atoms with Gasteiger partial charge in [-0.15, -0.1) is 0 Å². The van der Waals surface area contributed by atoms with Crippen molar-refractivity contribution in [3.63, 3.8) is 0 Å². The van der Waals surface area contributed by atoms with Gasteiger partial charge in [0.1, 0.15) is 57.5 Å². The molecule has 14 heteroatoms. The maximum absolute atomic E-state index is 9.75. The van der Waals surface area contributed by atoms with Crippen molar-refractivity contribution in [1.29, 1.82) is 0 Å². The first kappa shape index (κ1) is 76.5. The van der Waals surface area contributed by atoms with Crippen LogP contribution in [-0.4, -0.2) is 50.7 Å². The summed E-state index contributed by atoms with van der Waals surface area (Å²) < 4.78 is 164. The summed E-state index contributed by atoms with van der Waals surface area (Å²) in [6, 6.07) is 76.3. The fraction of sp³-hybridized carbons (Fsp3) is 0.215. The first-order chi connectivity index (χ1) is 75.4. The summed E-state index contributed by atoms with van der Waals surface area (Å²) in [6.07, 6.45) is 0. The molecule has 10 heterocycles. The number of benzene rings is 17. The summed E-state index contributed by atoms with van der Waals surface area (Å²) in [4.78, 5) is 1.22. The number of ether oxygens (including phenoxy) is 5. The van der Waals surface area contributed by atoms with Crippen molar-refractivity contribution in [2.24, 2.45) is 0 Å². The second kappa shape index (κ2) is 34.3. The van der Waals surface area contributed by atoms with E-state index in [1.165, 1.54) is 149 Å². The number of para-hydroxylation sites is 2. The third kappa shape index (κ3) is 14.8. The van der Waals surface area contributed by atoms with E-state index in [2.05, 4.69) is 290 Å². The molecule has 17 aromatic rings. The number of hydrogen-bond acceptors (Lipinski definition) is 8. The average Bonchev–Trinajstić information content (AvgIpc) is 0.703. The lowest BCUT2D eigenvalue weighted by atomic mass is 9.30. The zero-order chi connectivity index (χ0) is 114. The molecule has 0 aliphatic carbocycles. The van der Waals surface area contributed by atoms with Crippen LogP contribution in [-0.2, 0) is 27.1 Å². The third-order valence-corrected chi connectivity index (χ3v) is 32.4. The highest BCUT2D eigenvalue weighted by molar-refractivity contribution is 7.01. The van der Waals surface area contributed by atoms with Gasteiger partial charge in [-0.25, -0.2) is 0 Å². The molecule has 144 heavy (non-hydrogen) atoms. The van der Waals surface area contributed by atoms with Gasteiger partial charge in [0.2, 0.25) is 0 Å². The molecular weight excluding hydrogens is 1750 g/mol. The highest BCUT2D eigenvalue weighted by Gasteiger charge is 2.53. The lowest BCUT2D eigenvalue weighted by molar-refractivity contribution is 0.425. The van der Waals surface area contributed by atoms with Gasteiger partial charge in [0, 0.05) is 52.4 Å². The van der Waals surface area contributed by atoms with Gasteiger partial charge >= 0.3 is 7.12 Å². The van der Waals surface area contributed by atoms with Gasteiger partial charge in [-0.1, -0.05) is 347 Å². The van der Waals surface area contributed by atoms with Crippen LogP contribution in [0.25, 0.3) is 0 Å². The van der Waals surface area contributed by atoms with E-state index in [0.717, 1.165) is 113 Å². The molecule has 0 radical (unpaired) electrons. The largest absolute Gasteiger partial charge is 0.488 e. The molecule has 27 rings (SSSR count). The van der Waals surface area contributed by atoms with Crippen molar-refractivity contribution in [2.75, 3.05) is 4.90 Å². The molecule has 0 spiro atoms. The number of hydrogen-bond donors (Lipinski definition) is 2. The highest BCUT2D eigenvalue weighted by Crippen LogP contribution is 2.49. The molecule has 0 saturated carbocycles. The van der Waals surface area contributed by atoms with E-state index in [1.54, 1.807) is 18.2 Å². The Hall–Kier alpha value is -14.2. The van der Waals surface area contributed by atoms with E-state index in [4.69, 9.17) is 45.6 Å². The second-order valence-corrected chi connectivity index (χ2v) is 43.8. The molecule has 0 aromatic heterocycles. The van der Waals surface area contributed by atoms with Crippen LogP contribution in [0.3, 0.4) is 0 Å². The van der Waals surface area contributed by atoms with Crippen LogP contribution >= 0.6 is 0 Å². The Morgan fingerprint density at radius 2 is 0.458 bits per heavy atom. The quantitative estimate of drug-likeness (QED) is 0.169. The fourth-order valence-corrected chi connectivity index (χ4v) is 26.4. The Balaban J connectivity index is 0.000000110. The first-order valence-electron chi connectivity index (χ1n) is 58.0. The lowest BCUT2D eigenvalue weighted by Crippen LogP contribution is -2.63. The van der Waals surface area contributed by atoms with Gasteiger partial charge in [-0.05, 0) is 330 Å². The smallest absolute Gasteiger partial charge is 0.458 e. The summed E-state index contributed by atoms with van der Waals surface area (Å²) in [7, 11) is -1.47. The van der Waals surface area contributed by atoms with E-state index in [9.17, 15) is 10.0 Å². The summed E-state index contributed by atoms with van der Waals surface area (Å²) in [5.41, 5.74) is 43.1. The molecule has 8 nitrogen and oxygen atoms in total. The molecule has 706 valence electrons. The molecule has 10 aliphatic heterocycles. The van der Waals surface area contributed by atoms with Crippen molar-refractivity contribution in [3.05, 3.63) is 431 Å². The first-order valence-corrected chi connectivity index (χ1v) is 50.0. The van der Waals surface area contributed by atoms with E-state index < -0.39 is 86.7 Å². The monoisotopic (exact) mass is 1890 g/mol. The van der Waals surface area contributed by atoms with Crippen molar-refractivity contribution in [2.45, 2.75) is 186 Å². The van der Waals surface area contributed by atoms with Crippen LogP contribution in [0.5, 0.6) is 57.5 Å². The topological polar surface area (TPSA) is 89.9 Å². The van der Waals surface area contributed by atoms with Crippen LogP contribution < -0.4 is 116 Å². The van der Waals surface area contributed by atoms with Crippen LogP contribution in [0.2, 0.25) is 0 Å². The predicted molar refractivity (Wildman–Crippen MR) is 607 cm³/mol. The molecular formula is C130H121B6NO7. The Morgan fingerprint density at radius 3 is 0.729 bits per heavy atom. The van der Waals surface area contributed by atoms with Gasteiger partial charge in [0.15, 0.2) is 0 Å². The molecule has 17 aromatic carbocycles. The average molecular weight is 1890 g/mol. The Morgan fingerprint density at radius 1 is 0.236 bits per heavy atom. The Kier molecular flexibility index (Phi) is 18.2. The standard InChI is InChI=1S/C35H30BNO.3C24H23BO.C23H22B2O3/c1-23-15-19-31-30(21-23)36-29-18-17-27(37(25-11-7-5-8-12-25)26-13-9-6-10-14-26)22-28(29)35(3,4)33-24(2)16-20-32(38-31)34(33)36;3*1-14-6-9-18-17(12-14)24(4,5)22-16(3)8-11-21-23(22)25(18)19-13-15(2)7-10-20(19)26-21;1-13-5-9-19-18(11-13)24-17-8-7-15(25(26)27)12-16(17)23(3,4)21-14(2)6-10-20(28-19)22(21)24/h5-22H,1-4H3;3*6-13H,1-5H3;5-12,26-27H,1-4H3/i5D,6D,7D,8D,9D,10D,11D,12D,13D,14D;2*2D3;;. The maximum Gasteiger partial charge on any atom is 0.488 e. The summed E-state index contributed by atoms with van der Waals surface area (Å²) >= 11 is 0. The minimum Gasteiger partial charge on any atom is -0.458 e. The molecule has 0 unspecified atom stereocenters. The van der Waals surface area contributed by atoms with Crippen molar-refractivity contribution in [1.82, 2.24) is 0 Å². The summed E-state index contributed by atoms with van der Waals surface area (Å²) in [5.74, 6) is 8.62. The molecule has 0 saturated heterocycles. The van der Waals surface area contributed by atoms with Crippen LogP contribution in [0.4, 0.5) is 17.1 Å². The number of anilines is 3. The second-order valence-electron chi connectivity index (χ2n) is 43.8. The van der Waals surface area contributed by atoms with Gasteiger partial charge in [0.25, 0.3) is 33.6 Å². The van der Waals surface area contributed by atoms with Crippen LogP contribution in [0, 0.1) is 89.9 Å². The van der Waals surface area contributed by atoms with Gasteiger partial charge in [-0.2, -0.15) is 0 Å². The van der Waals surface area contributed by atoms with E-state index >= 15 is 0 Å². The van der Waals surface area contributed by atoms with Crippen molar-refractivity contribution < 1.29 is 55.7 Å². The fourth-order valence-electron chi connectivity index (χ4n) is 26.4. The zero-order valence-electron chi connectivity index (χ0n) is 101. The minimum atomic E-state index is -2.14. The Labute approximate surface area is 875 Å². The molecule has 0 amide bonds. The van der Waals surface area contributed by atoms with Crippen molar-refractivity contribution >= 4 is 145 Å². The van der Waals surface area contributed by atoms with E-state index in [0.29, 0.717) is 16.6 Å². The maximum atomic E-state index is 9.75. The molecule has 0 atom stereocenters. The van der Waals surface area contributed by atoms with Gasteiger partial charge in [-0.3, -0.25) is 0 Å². The zero-order valence-corrected chi connectivity index (χ0v) is 85.4. The number of nitrogens with zero attached hydrogens (tertiary/aromatic N) is 1. The molecule has 2 N–H and O–H groups in total. The SMILES string of the molecule is Cc1ccc2c(c1)B1c3ccc(B(O)O)cc3C(C)(C)c3c(C)ccc(c31)O2.Cc1ccc2c(c1)B1c3ccc(C)cc3C(C)(C)c3c(C)ccc(c31)O2.[2H]C([2H])([2H])c1ccc2c(c1)B1c3ccc(C)cc3C(C)(C)c3c(C)ccc(c31)O2.[2H]C([2H])([2H])c1ccc2c(c1)B1c3ccc(C)cc3C(C)(C)c3c(C)ccc(c31)O2.[2H]c1c([2H])c([2H])c(N(c2ccc3c(c2)C(C)(C)c2c(C)ccc4c2B3c2cc(C)ccc2O4)c2c([2H])c([2H])c([2H])c([2H])c2[2H])c([2H])c1[2H].